The fourth-order valence-electron chi connectivity index (χ4n) is 3.27. The zero-order valence-corrected chi connectivity index (χ0v) is 11.6. The maximum absolute atomic E-state index is 12.8. The highest BCUT2D eigenvalue weighted by Crippen LogP contribution is 2.53. The van der Waals surface area contributed by atoms with E-state index in [9.17, 15) is 8.42 Å². The molecule has 0 saturated carbocycles. The molecule has 2 aromatic carbocycles. The van der Waals surface area contributed by atoms with Gasteiger partial charge in [-0.05, 0) is 29.7 Å². The Bertz CT molecular complexity index is 752. The first-order valence-electron chi connectivity index (χ1n) is 6.71. The van der Waals surface area contributed by atoms with E-state index in [0.29, 0.717) is 11.3 Å². The van der Waals surface area contributed by atoms with Crippen LogP contribution in [0.15, 0.2) is 59.5 Å². The molecule has 0 unspecified atom stereocenters. The van der Waals surface area contributed by atoms with Crippen LogP contribution < -0.4 is 0 Å². The number of hydrogen-bond acceptors (Lipinski definition) is 3. The lowest BCUT2D eigenvalue weighted by Crippen LogP contribution is -2.26. The first-order chi connectivity index (χ1) is 9.68. The molecule has 2 aliphatic heterocycles. The van der Waals surface area contributed by atoms with Gasteiger partial charge in [0.25, 0.3) is 0 Å². The van der Waals surface area contributed by atoms with Crippen molar-refractivity contribution < 1.29 is 13.2 Å². The average Bonchev–Trinajstić information content (AvgIpc) is 3.08. The topological polar surface area (TPSA) is 43.4 Å². The molecule has 0 radical (unpaired) electrons. The number of sulfone groups is 1. The van der Waals surface area contributed by atoms with Crippen molar-refractivity contribution in [3.63, 3.8) is 0 Å². The van der Waals surface area contributed by atoms with E-state index in [-0.39, 0.29) is 12.2 Å². The van der Waals surface area contributed by atoms with Gasteiger partial charge in [-0.2, -0.15) is 0 Å². The van der Waals surface area contributed by atoms with Crippen molar-refractivity contribution in [3.05, 3.63) is 65.7 Å². The summed E-state index contributed by atoms with van der Waals surface area (Å²) >= 11 is 0. The Morgan fingerprint density at radius 1 is 0.900 bits per heavy atom. The zero-order valence-electron chi connectivity index (χ0n) is 10.8. The summed E-state index contributed by atoms with van der Waals surface area (Å²) in [6, 6.07) is 16.6. The maximum atomic E-state index is 12.8. The van der Waals surface area contributed by atoms with E-state index in [4.69, 9.17) is 4.74 Å². The van der Waals surface area contributed by atoms with Crippen molar-refractivity contribution in [2.75, 3.05) is 0 Å². The molecule has 3 atom stereocenters. The van der Waals surface area contributed by atoms with Crippen LogP contribution in [-0.2, 0) is 14.6 Å². The SMILES string of the molecule is O=S(=O)(c1ccccc1)[C@H]1C[C@H]2O[C@@H]1c1ccccc12. The molecule has 3 nitrogen and oxygen atoms in total. The molecule has 2 heterocycles. The van der Waals surface area contributed by atoms with E-state index in [1.165, 1.54) is 0 Å². The second kappa shape index (κ2) is 4.17. The van der Waals surface area contributed by atoms with Gasteiger partial charge in [-0.15, -0.1) is 0 Å². The van der Waals surface area contributed by atoms with Crippen LogP contribution in [0.5, 0.6) is 0 Å². The Morgan fingerprint density at radius 3 is 2.30 bits per heavy atom. The molecule has 4 rings (SSSR count). The third-order valence-corrected chi connectivity index (χ3v) is 6.38. The minimum Gasteiger partial charge on any atom is -0.364 e. The smallest absolute Gasteiger partial charge is 0.184 e. The molecule has 0 aliphatic carbocycles. The molecular formula is C16H14O3S. The van der Waals surface area contributed by atoms with Crippen LogP contribution in [0.3, 0.4) is 0 Å². The summed E-state index contributed by atoms with van der Waals surface area (Å²) in [5.74, 6) is 0. The largest absolute Gasteiger partial charge is 0.364 e. The molecule has 1 saturated heterocycles. The number of rotatable bonds is 2. The lowest BCUT2D eigenvalue weighted by molar-refractivity contribution is 0.0722. The highest BCUT2D eigenvalue weighted by Gasteiger charge is 2.50. The van der Waals surface area contributed by atoms with Crippen LogP contribution in [-0.4, -0.2) is 13.7 Å². The van der Waals surface area contributed by atoms with Crippen LogP contribution in [0.2, 0.25) is 0 Å². The Hall–Kier alpha value is -1.65. The van der Waals surface area contributed by atoms with Crippen molar-refractivity contribution in [1.29, 1.82) is 0 Å². The minimum absolute atomic E-state index is 0.0697. The summed E-state index contributed by atoms with van der Waals surface area (Å²) in [5.41, 5.74) is 2.19. The van der Waals surface area contributed by atoms with Gasteiger partial charge >= 0.3 is 0 Å². The average molecular weight is 286 g/mol. The third-order valence-electron chi connectivity index (χ3n) is 4.21. The predicted molar refractivity (Wildman–Crippen MR) is 75.0 cm³/mol. The lowest BCUT2D eigenvalue weighted by atomic mass is 9.92. The van der Waals surface area contributed by atoms with E-state index in [0.717, 1.165) is 11.1 Å². The Kier molecular flexibility index (Phi) is 2.53. The highest BCUT2D eigenvalue weighted by molar-refractivity contribution is 7.92. The van der Waals surface area contributed by atoms with E-state index in [2.05, 4.69) is 0 Å². The van der Waals surface area contributed by atoms with Crippen LogP contribution in [0.1, 0.15) is 29.8 Å². The Balaban J connectivity index is 1.77. The van der Waals surface area contributed by atoms with Crippen molar-refractivity contribution in [2.45, 2.75) is 28.8 Å². The molecule has 2 aromatic rings. The summed E-state index contributed by atoms with van der Waals surface area (Å²) < 4.78 is 31.4. The maximum Gasteiger partial charge on any atom is 0.184 e. The summed E-state index contributed by atoms with van der Waals surface area (Å²) in [7, 11) is -3.34. The minimum atomic E-state index is -3.34. The van der Waals surface area contributed by atoms with Crippen molar-refractivity contribution in [3.8, 4) is 0 Å². The summed E-state index contributed by atoms with van der Waals surface area (Å²) in [4.78, 5) is 0.388. The number of ether oxygens (including phenoxy) is 1. The van der Waals surface area contributed by atoms with Crippen LogP contribution >= 0.6 is 0 Å². The van der Waals surface area contributed by atoms with Gasteiger partial charge in [-0.3, -0.25) is 0 Å². The van der Waals surface area contributed by atoms with Crippen molar-refractivity contribution in [1.82, 2.24) is 0 Å². The summed E-state index contributed by atoms with van der Waals surface area (Å²) in [6.07, 6.45) is 0.167. The summed E-state index contributed by atoms with van der Waals surface area (Å²) in [5, 5.41) is -0.468. The second-order valence-electron chi connectivity index (χ2n) is 5.31. The quantitative estimate of drug-likeness (QED) is 0.852. The summed E-state index contributed by atoms with van der Waals surface area (Å²) in [6.45, 7) is 0. The van der Waals surface area contributed by atoms with Crippen LogP contribution in [0, 0.1) is 0 Å². The first-order valence-corrected chi connectivity index (χ1v) is 8.26. The first kappa shape index (κ1) is 12.1. The second-order valence-corrected chi connectivity index (χ2v) is 7.47. The van der Waals surface area contributed by atoms with Crippen LogP contribution in [0.25, 0.3) is 0 Å². The zero-order chi connectivity index (χ0) is 13.7. The van der Waals surface area contributed by atoms with Gasteiger partial charge in [0.2, 0.25) is 0 Å². The molecule has 20 heavy (non-hydrogen) atoms. The number of hydrogen-bond donors (Lipinski definition) is 0. The van der Waals surface area contributed by atoms with Crippen molar-refractivity contribution in [2.24, 2.45) is 0 Å². The normalized spacial score (nSPS) is 27.5. The van der Waals surface area contributed by atoms with Gasteiger partial charge in [-0.1, -0.05) is 42.5 Å². The molecule has 0 N–H and O–H groups in total. The molecule has 0 spiro atoms. The molecule has 0 aromatic heterocycles. The fourth-order valence-corrected chi connectivity index (χ4v) is 5.12. The van der Waals surface area contributed by atoms with Crippen molar-refractivity contribution >= 4 is 9.84 Å². The third kappa shape index (κ3) is 1.58. The molecule has 1 fully saturated rings. The highest BCUT2D eigenvalue weighted by atomic mass is 32.2. The van der Waals surface area contributed by atoms with Gasteiger partial charge in [0, 0.05) is 0 Å². The van der Waals surface area contributed by atoms with E-state index >= 15 is 0 Å². The molecular weight excluding hydrogens is 272 g/mol. The standard InChI is InChI=1S/C16H14O3S/c17-20(18,11-6-2-1-3-7-11)15-10-14-12-8-4-5-9-13(12)16(15)19-14/h1-9,14-16H,10H2/t14-,15+,16-/m1/s1. The molecule has 2 bridgehead atoms. The van der Waals surface area contributed by atoms with Crippen LogP contribution in [0.4, 0.5) is 0 Å². The monoisotopic (exact) mass is 286 g/mol. The lowest BCUT2D eigenvalue weighted by Gasteiger charge is -2.21. The molecule has 2 aliphatic rings. The van der Waals surface area contributed by atoms with Gasteiger partial charge < -0.3 is 4.74 Å². The van der Waals surface area contributed by atoms with E-state index in [1.54, 1.807) is 24.3 Å². The number of benzene rings is 2. The van der Waals surface area contributed by atoms with Gasteiger partial charge in [0.05, 0.1) is 16.2 Å². The van der Waals surface area contributed by atoms with Gasteiger partial charge in [0.1, 0.15) is 6.10 Å². The molecule has 0 amide bonds. The molecule has 4 heteroatoms. The van der Waals surface area contributed by atoms with Gasteiger partial charge in [-0.25, -0.2) is 8.42 Å². The molecule has 102 valence electrons. The van der Waals surface area contributed by atoms with E-state index < -0.39 is 15.1 Å². The Labute approximate surface area is 118 Å². The van der Waals surface area contributed by atoms with E-state index in [1.807, 2.05) is 30.3 Å². The predicted octanol–water partition coefficient (Wildman–Crippen LogP) is 3.05. The number of fused-ring (bicyclic) bond motifs is 5. The van der Waals surface area contributed by atoms with Gasteiger partial charge in [0.15, 0.2) is 9.84 Å². The Morgan fingerprint density at radius 2 is 1.55 bits per heavy atom. The fraction of sp³-hybridized carbons (Fsp3) is 0.250.